The molecule has 1 aliphatic rings. The van der Waals surface area contributed by atoms with Gasteiger partial charge in [-0.1, -0.05) is 42.5 Å². The number of aromatic hydroxyl groups is 1. The lowest BCUT2D eigenvalue weighted by Crippen LogP contribution is -2.25. The molecule has 4 aromatic rings. The summed E-state index contributed by atoms with van der Waals surface area (Å²) >= 11 is 1.75. The van der Waals surface area contributed by atoms with Crippen molar-refractivity contribution in [2.24, 2.45) is 0 Å². The second-order valence-electron chi connectivity index (χ2n) is 8.17. The summed E-state index contributed by atoms with van der Waals surface area (Å²) in [6.07, 6.45) is 3.48. The first kappa shape index (κ1) is 20.1. The molecule has 3 aromatic carbocycles. The van der Waals surface area contributed by atoms with Gasteiger partial charge in [-0.15, -0.1) is 11.3 Å². The fourth-order valence-corrected chi connectivity index (χ4v) is 5.60. The standard InChI is InChI=1S/C27H27NO2S/c29-22-10-13-24-25(27(31-26(24)19-22)21-6-2-1-3-7-21)18-20-8-11-23(12-9-20)30-17-16-28-14-4-5-15-28/h1-3,6-13,19,29H,4-5,14-18H2. The molecule has 5 rings (SSSR count). The lowest BCUT2D eigenvalue weighted by atomic mass is 9.99. The average Bonchev–Trinajstić information content (AvgIpc) is 3.43. The summed E-state index contributed by atoms with van der Waals surface area (Å²) < 4.78 is 7.09. The zero-order valence-corrected chi connectivity index (χ0v) is 18.4. The molecule has 1 aromatic heterocycles. The van der Waals surface area contributed by atoms with Gasteiger partial charge in [-0.25, -0.2) is 0 Å². The van der Waals surface area contributed by atoms with Crippen molar-refractivity contribution in [3.8, 4) is 21.9 Å². The number of nitrogens with zero attached hydrogens (tertiary/aromatic N) is 1. The van der Waals surface area contributed by atoms with Crippen LogP contribution in [0.15, 0.2) is 72.8 Å². The lowest BCUT2D eigenvalue weighted by molar-refractivity contribution is 0.238. The summed E-state index contributed by atoms with van der Waals surface area (Å²) in [5, 5.41) is 11.2. The number of phenols is 1. The molecule has 1 saturated heterocycles. The second kappa shape index (κ2) is 9.13. The molecule has 31 heavy (non-hydrogen) atoms. The summed E-state index contributed by atoms with van der Waals surface area (Å²) in [5.41, 5.74) is 3.80. The van der Waals surface area contributed by atoms with Crippen LogP contribution < -0.4 is 4.74 Å². The van der Waals surface area contributed by atoms with Crippen LogP contribution in [0.5, 0.6) is 11.5 Å². The first-order valence-corrected chi connectivity index (χ1v) is 11.8. The van der Waals surface area contributed by atoms with Crippen LogP contribution in [0.1, 0.15) is 24.0 Å². The Morgan fingerprint density at radius 1 is 0.903 bits per heavy atom. The van der Waals surface area contributed by atoms with Gasteiger partial charge in [0.05, 0.1) is 0 Å². The van der Waals surface area contributed by atoms with Crippen molar-refractivity contribution in [3.05, 3.63) is 83.9 Å². The molecule has 0 bridgehead atoms. The third-order valence-electron chi connectivity index (χ3n) is 5.99. The van der Waals surface area contributed by atoms with E-state index in [0.717, 1.165) is 30.0 Å². The summed E-state index contributed by atoms with van der Waals surface area (Å²) in [6, 6.07) is 24.7. The van der Waals surface area contributed by atoms with Crippen LogP contribution in [0.3, 0.4) is 0 Å². The van der Waals surface area contributed by atoms with E-state index in [4.69, 9.17) is 4.74 Å². The monoisotopic (exact) mass is 429 g/mol. The van der Waals surface area contributed by atoms with Gasteiger partial charge in [0.1, 0.15) is 18.1 Å². The quantitative estimate of drug-likeness (QED) is 0.372. The number of benzene rings is 3. The molecule has 0 saturated carbocycles. The molecule has 158 valence electrons. The Kier molecular flexibility index (Phi) is 5.92. The summed E-state index contributed by atoms with van der Waals surface area (Å²) in [7, 11) is 0. The maximum absolute atomic E-state index is 9.95. The Bertz CT molecular complexity index is 1150. The number of hydrogen-bond acceptors (Lipinski definition) is 4. The van der Waals surface area contributed by atoms with Crippen molar-refractivity contribution >= 4 is 21.4 Å². The van der Waals surface area contributed by atoms with Crippen molar-refractivity contribution in [2.45, 2.75) is 19.3 Å². The first-order valence-electron chi connectivity index (χ1n) is 11.0. The smallest absolute Gasteiger partial charge is 0.119 e. The number of fused-ring (bicyclic) bond motifs is 1. The summed E-state index contributed by atoms with van der Waals surface area (Å²) in [4.78, 5) is 3.74. The van der Waals surface area contributed by atoms with Crippen LogP contribution >= 0.6 is 11.3 Å². The predicted molar refractivity (Wildman–Crippen MR) is 129 cm³/mol. The number of ether oxygens (including phenoxy) is 1. The van der Waals surface area contributed by atoms with Gasteiger partial charge in [0.15, 0.2) is 0 Å². The maximum atomic E-state index is 9.95. The fraction of sp³-hybridized carbons (Fsp3) is 0.259. The van der Waals surface area contributed by atoms with Crippen molar-refractivity contribution in [3.63, 3.8) is 0 Å². The van der Waals surface area contributed by atoms with Gasteiger partial charge in [-0.2, -0.15) is 0 Å². The molecule has 0 aliphatic carbocycles. The summed E-state index contributed by atoms with van der Waals surface area (Å²) in [5.74, 6) is 1.25. The van der Waals surface area contributed by atoms with Gasteiger partial charge in [0.2, 0.25) is 0 Å². The van der Waals surface area contributed by atoms with Gasteiger partial charge in [0.25, 0.3) is 0 Å². The van der Waals surface area contributed by atoms with Crippen LogP contribution in [0.25, 0.3) is 20.5 Å². The minimum absolute atomic E-state index is 0.315. The lowest BCUT2D eigenvalue weighted by Gasteiger charge is -2.15. The molecule has 4 heteroatoms. The van der Waals surface area contributed by atoms with E-state index in [2.05, 4.69) is 53.4 Å². The maximum Gasteiger partial charge on any atom is 0.119 e. The van der Waals surface area contributed by atoms with Crippen LogP contribution in [0.4, 0.5) is 0 Å². The largest absolute Gasteiger partial charge is 0.508 e. The molecule has 1 aliphatic heterocycles. The third kappa shape index (κ3) is 4.60. The van der Waals surface area contributed by atoms with E-state index >= 15 is 0 Å². The molecule has 0 amide bonds. The van der Waals surface area contributed by atoms with Gasteiger partial charge in [-0.3, -0.25) is 4.90 Å². The molecular formula is C27H27NO2S. The Hall–Kier alpha value is -2.82. The number of hydrogen-bond donors (Lipinski definition) is 1. The zero-order valence-electron chi connectivity index (χ0n) is 17.6. The van der Waals surface area contributed by atoms with Crippen molar-refractivity contribution in [2.75, 3.05) is 26.2 Å². The molecule has 0 atom stereocenters. The van der Waals surface area contributed by atoms with Crippen molar-refractivity contribution in [1.29, 1.82) is 0 Å². The van der Waals surface area contributed by atoms with Crippen molar-refractivity contribution in [1.82, 2.24) is 4.90 Å². The van der Waals surface area contributed by atoms with E-state index in [1.807, 2.05) is 18.2 Å². The molecule has 0 spiro atoms. The van der Waals surface area contributed by atoms with Crippen LogP contribution in [-0.4, -0.2) is 36.2 Å². The molecule has 0 unspecified atom stereocenters. The Morgan fingerprint density at radius 3 is 2.45 bits per heavy atom. The minimum Gasteiger partial charge on any atom is -0.508 e. The molecule has 2 heterocycles. The normalized spacial score (nSPS) is 14.3. The SMILES string of the molecule is Oc1ccc2c(Cc3ccc(OCCN4CCCC4)cc3)c(-c3ccccc3)sc2c1. The van der Waals surface area contributed by atoms with E-state index in [-0.39, 0.29) is 0 Å². The zero-order chi connectivity index (χ0) is 21.0. The fourth-order valence-electron chi connectivity index (χ4n) is 4.34. The number of thiophene rings is 1. The summed E-state index contributed by atoms with van der Waals surface area (Å²) in [6.45, 7) is 4.17. The highest BCUT2D eigenvalue weighted by molar-refractivity contribution is 7.22. The highest BCUT2D eigenvalue weighted by Crippen LogP contribution is 2.41. The van der Waals surface area contributed by atoms with Gasteiger partial charge in [0, 0.05) is 16.1 Å². The highest BCUT2D eigenvalue weighted by atomic mass is 32.1. The molecule has 3 nitrogen and oxygen atoms in total. The topological polar surface area (TPSA) is 32.7 Å². The van der Waals surface area contributed by atoms with E-state index in [1.165, 1.54) is 52.9 Å². The molecule has 0 radical (unpaired) electrons. The predicted octanol–water partition coefficient (Wildman–Crippen LogP) is 6.34. The van der Waals surface area contributed by atoms with E-state index in [0.29, 0.717) is 5.75 Å². The molecule has 1 fully saturated rings. The van der Waals surface area contributed by atoms with Crippen molar-refractivity contribution < 1.29 is 9.84 Å². The van der Waals surface area contributed by atoms with Crippen LogP contribution in [-0.2, 0) is 6.42 Å². The van der Waals surface area contributed by atoms with E-state index < -0.39 is 0 Å². The average molecular weight is 430 g/mol. The Labute approximate surface area is 187 Å². The number of rotatable bonds is 7. The Balaban J connectivity index is 1.36. The first-order chi connectivity index (χ1) is 15.3. The van der Waals surface area contributed by atoms with E-state index in [1.54, 1.807) is 17.4 Å². The van der Waals surface area contributed by atoms with Gasteiger partial charge in [-0.05, 0) is 84.8 Å². The number of phenolic OH excluding ortho intramolecular Hbond substituents is 1. The van der Waals surface area contributed by atoms with Gasteiger partial charge < -0.3 is 9.84 Å². The highest BCUT2D eigenvalue weighted by Gasteiger charge is 2.15. The van der Waals surface area contributed by atoms with E-state index in [9.17, 15) is 5.11 Å². The Morgan fingerprint density at radius 2 is 1.68 bits per heavy atom. The van der Waals surface area contributed by atoms with Gasteiger partial charge >= 0.3 is 0 Å². The number of likely N-dealkylation sites (tertiary alicyclic amines) is 1. The minimum atomic E-state index is 0.315. The second-order valence-corrected chi connectivity index (χ2v) is 9.23. The van der Waals surface area contributed by atoms with Crippen LogP contribution in [0.2, 0.25) is 0 Å². The molecule has 1 N–H and O–H groups in total. The third-order valence-corrected chi connectivity index (χ3v) is 7.24. The van der Waals surface area contributed by atoms with Crippen LogP contribution in [0, 0.1) is 0 Å². The molecular weight excluding hydrogens is 402 g/mol.